The first-order chi connectivity index (χ1) is 16.7. The Bertz CT molecular complexity index is 1350. The molecule has 0 N–H and O–H groups in total. The Morgan fingerprint density at radius 2 is 1.91 bits per heavy atom. The lowest BCUT2D eigenvalue weighted by Gasteiger charge is -2.17. The Labute approximate surface area is 198 Å². The summed E-state index contributed by atoms with van der Waals surface area (Å²) in [5.74, 6) is 1.60. The molecule has 0 bridgehead atoms. The Balaban J connectivity index is 1.16. The molecular weight excluding hydrogens is 426 g/mol. The van der Waals surface area contributed by atoms with Crippen molar-refractivity contribution in [1.29, 1.82) is 0 Å². The minimum Gasteiger partial charge on any atom is -0.485 e. The summed E-state index contributed by atoms with van der Waals surface area (Å²) in [6, 6.07) is 14.2. The molecule has 0 saturated carbocycles. The second kappa shape index (κ2) is 8.48. The van der Waals surface area contributed by atoms with Crippen molar-refractivity contribution in [1.82, 2.24) is 24.2 Å². The monoisotopic (exact) mass is 453 g/mol. The van der Waals surface area contributed by atoms with Crippen LogP contribution in [0, 0.1) is 0 Å². The van der Waals surface area contributed by atoms with Crippen molar-refractivity contribution >= 4 is 5.91 Å². The van der Waals surface area contributed by atoms with E-state index in [1.54, 1.807) is 4.68 Å². The fourth-order valence-corrected chi connectivity index (χ4v) is 4.99. The van der Waals surface area contributed by atoms with Crippen LogP contribution in [-0.4, -0.2) is 30.1 Å². The molecule has 0 saturated heterocycles. The predicted molar refractivity (Wildman–Crippen MR) is 128 cm³/mol. The molecule has 6 rings (SSSR count). The summed E-state index contributed by atoms with van der Waals surface area (Å²) >= 11 is 0. The van der Waals surface area contributed by atoms with Crippen molar-refractivity contribution in [3.63, 3.8) is 0 Å². The average Bonchev–Trinajstić information content (AvgIpc) is 3.56. The lowest BCUT2D eigenvalue weighted by Crippen LogP contribution is -2.23. The molecule has 172 valence electrons. The summed E-state index contributed by atoms with van der Waals surface area (Å²) in [5.41, 5.74) is 6.27. The molecule has 1 amide bonds. The molecule has 2 aliphatic rings. The summed E-state index contributed by atoms with van der Waals surface area (Å²) in [6.07, 6.45) is 9.28. The number of hydrogen-bond acceptors (Lipinski definition) is 4. The number of amides is 1. The third-order valence-corrected chi connectivity index (χ3v) is 6.78. The van der Waals surface area contributed by atoms with Crippen LogP contribution in [0.25, 0.3) is 11.1 Å². The van der Waals surface area contributed by atoms with Crippen LogP contribution in [0.1, 0.15) is 45.8 Å². The Morgan fingerprint density at radius 1 is 1.03 bits per heavy atom. The standard InChI is InChI=1S/C27H27N5O2/c1-30-16-22(13-29-30)20-10-8-19(9-11-20)15-31-17-21-5-4-7-24(26(21)27(31)33)34-18-25-28-14-23-6-2-3-12-32(23)25/h4-5,7-11,13-14,16H,2-3,6,12,15,17-18H2,1H3. The highest BCUT2D eigenvalue weighted by Gasteiger charge is 2.31. The van der Waals surface area contributed by atoms with Gasteiger partial charge in [0.15, 0.2) is 0 Å². The van der Waals surface area contributed by atoms with Crippen molar-refractivity contribution in [2.24, 2.45) is 7.05 Å². The van der Waals surface area contributed by atoms with Gasteiger partial charge in [0.2, 0.25) is 0 Å². The highest BCUT2D eigenvalue weighted by atomic mass is 16.5. The van der Waals surface area contributed by atoms with E-state index in [1.807, 2.05) is 48.7 Å². The Hall–Kier alpha value is -3.87. The highest BCUT2D eigenvalue weighted by Crippen LogP contribution is 2.33. The molecule has 0 atom stereocenters. The van der Waals surface area contributed by atoms with Crippen LogP contribution >= 0.6 is 0 Å². The van der Waals surface area contributed by atoms with Crippen LogP contribution < -0.4 is 4.74 Å². The number of aryl methyl sites for hydroxylation is 2. The van der Waals surface area contributed by atoms with E-state index in [4.69, 9.17) is 4.74 Å². The summed E-state index contributed by atoms with van der Waals surface area (Å²) < 4.78 is 10.2. The first-order valence-corrected chi connectivity index (χ1v) is 11.8. The second-order valence-corrected chi connectivity index (χ2v) is 9.11. The summed E-state index contributed by atoms with van der Waals surface area (Å²) in [5, 5.41) is 4.24. The van der Waals surface area contributed by atoms with Crippen LogP contribution in [-0.2, 0) is 39.7 Å². The number of hydrogen-bond donors (Lipinski definition) is 0. The smallest absolute Gasteiger partial charge is 0.258 e. The lowest BCUT2D eigenvalue weighted by atomic mass is 10.1. The van der Waals surface area contributed by atoms with Gasteiger partial charge in [-0.1, -0.05) is 36.4 Å². The van der Waals surface area contributed by atoms with Crippen LogP contribution in [0.3, 0.4) is 0 Å². The summed E-state index contributed by atoms with van der Waals surface area (Å²) in [7, 11) is 1.91. The number of rotatable bonds is 6. The maximum Gasteiger partial charge on any atom is 0.258 e. The van der Waals surface area contributed by atoms with Crippen LogP contribution in [0.4, 0.5) is 0 Å². The molecule has 0 fully saturated rings. The molecule has 4 heterocycles. The van der Waals surface area contributed by atoms with Gasteiger partial charge in [-0.2, -0.15) is 5.10 Å². The van der Waals surface area contributed by atoms with E-state index in [-0.39, 0.29) is 5.91 Å². The molecule has 0 aliphatic carbocycles. The van der Waals surface area contributed by atoms with E-state index in [0.717, 1.165) is 41.0 Å². The van der Waals surface area contributed by atoms with E-state index >= 15 is 0 Å². The van der Waals surface area contributed by atoms with Crippen molar-refractivity contribution in [3.05, 3.63) is 89.3 Å². The normalized spacial score (nSPS) is 14.9. The Morgan fingerprint density at radius 3 is 2.74 bits per heavy atom. The van der Waals surface area contributed by atoms with Crippen LogP contribution in [0.15, 0.2) is 61.1 Å². The number of carbonyl (C=O) groups is 1. The minimum atomic E-state index is 0.0204. The van der Waals surface area contributed by atoms with E-state index in [9.17, 15) is 4.79 Å². The third kappa shape index (κ3) is 3.77. The van der Waals surface area contributed by atoms with Gasteiger partial charge in [-0.05, 0) is 42.0 Å². The quantitative estimate of drug-likeness (QED) is 0.435. The van der Waals surface area contributed by atoms with E-state index in [2.05, 4.69) is 38.9 Å². The van der Waals surface area contributed by atoms with Gasteiger partial charge in [0, 0.05) is 50.3 Å². The van der Waals surface area contributed by atoms with Crippen molar-refractivity contribution in [2.45, 2.75) is 45.5 Å². The number of aromatic nitrogens is 4. The van der Waals surface area contributed by atoms with Crippen LogP contribution in [0.2, 0.25) is 0 Å². The van der Waals surface area contributed by atoms with Gasteiger partial charge >= 0.3 is 0 Å². The molecule has 0 spiro atoms. The van der Waals surface area contributed by atoms with Crippen molar-refractivity contribution in [3.8, 4) is 16.9 Å². The number of nitrogens with zero attached hydrogens (tertiary/aromatic N) is 5. The molecule has 7 heteroatoms. The fraction of sp³-hybridized carbons (Fsp3) is 0.296. The minimum absolute atomic E-state index is 0.0204. The highest BCUT2D eigenvalue weighted by molar-refractivity contribution is 6.01. The fourth-order valence-electron chi connectivity index (χ4n) is 4.99. The van der Waals surface area contributed by atoms with Crippen molar-refractivity contribution < 1.29 is 9.53 Å². The predicted octanol–water partition coefficient (Wildman–Crippen LogP) is 4.35. The van der Waals surface area contributed by atoms with E-state index in [1.165, 1.54) is 18.5 Å². The van der Waals surface area contributed by atoms with Gasteiger partial charge in [0.1, 0.15) is 18.2 Å². The van der Waals surface area contributed by atoms with Gasteiger partial charge in [0.25, 0.3) is 5.91 Å². The third-order valence-electron chi connectivity index (χ3n) is 6.78. The zero-order chi connectivity index (χ0) is 23.1. The molecule has 2 aliphatic heterocycles. The average molecular weight is 454 g/mol. The number of fused-ring (bicyclic) bond motifs is 2. The number of benzene rings is 2. The zero-order valence-electron chi connectivity index (χ0n) is 19.3. The van der Waals surface area contributed by atoms with Gasteiger partial charge in [-0.3, -0.25) is 9.48 Å². The SMILES string of the molecule is Cn1cc(-c2ccc(CN3Cc4cccc(OCc5ncc6n5CCCC6)c4C3=O)cc2)cn1. The maximum atomic E-state index is 13.3. The van der Waals surface area contributed by atoms with E-state index in [0.29, 0.717) is 31.0 Å². The van der Waals surface area contributed by atoms with E-state index < -0.39 is 0 Å². The first kappa shape index (κ1) is 20.7. The summed E-state index contributed by atoms with van der Waals surface area (Å²) in [6.45, 7) is 2.52. The maximum absolute atomic E-state index is 13.3. The second-order valence-electron chi connectivity index (χ2n) is 9.11. The number of imidazole rings is 1. The lowest BCUT2D eigenvalue weighted by molar-refractivity contribution is 0.0763. The first-order valence-electron chi connectivity index (χ1n) is 11.8. The van der Waals surface area contributed by atoms with Gasteiger partial charge < -0.3 is 14.2 Å². The van der Waals surface area contributed by atoms with Gasteiger partial charge in [-0.25, -0.2) is 4.98 Å². The molecule has 7 nitrogen and oxygen atoms in total. The number of carbonyl (C=O) groups excluding carboxylic acids is 1. The van der Waals surface area contributed by atoms with Crippen LogP contribution in [0.5, 0.6) is 5.75 Å². The molecule has 34 heavy (non-hydrogen) atoms. The molecule has 2 aromatic heterocycles. The largest absolute Gasteiger partial charge is 0.485 e. The summed E-state index contributed by atoms with van der Waals surface area (Å²) in [4.78, 5) is 19.8. The number of ether oxygens (including phenoxy) is 1. The topological polar surface area (TPSA) is 65.2 Å². The molecular formula is C27H27N5O2. The molecule has 0 unspecified atom stereocenters. The van der Waals surface area contributed by atoms with Gasteiger partial charge in [0.05, 0.1) is 11.8 Å². The molecule has 2 aromatic carbocycles. The zero-order valence-corrected chi connectivity index (χ0v) is 19.3. The van der Waals surface area contributed by atoms with Gasteiger partial charge in [-0.15, -0.1) is 0 Å². The molecule has 0 radical (unpaired) electrons. The Kier molecular flexibility index (Phi) is 5.17. The molecule has 4 aromatic rings. The van der Waals surface area contributed by atoms with Crippen molar-refractivity contribution in [2.75, 3.05) is 0 Å².